The predicted octanol–water partition coefficient (Wildman–Crippen LogP) is 1.78. The van der Waals surface area contributed by atoms with Crippen LogP contribution in [-0.2, 0) is 0 Å². The van der Waals surface area contributed by atoms with Crippen molar-refractivity contribution in [3.05, 3.63) is 18.5 Å². The van der Waals surface area contributed by atoms with Gasteiger partial charge in [-0.25, -0.2) is 4.40 Å². The van der Waals surface area contributed by atoms with E-state index in [9.17, 15) is 0 Å². The Labute approximate surface area is 67.2 Å². The Morgan fingerprint density at radius 3 is 2.70 bits per heavy atom. The molecule has 0 spiro atoms. The Kier molecular flexibility index (Phi) is 4.13. The molecule has 54 valence electrons. The molecule has 1 aliphatic heterocycles. The van der Waals surface area contributed by atoms with E-state index in [1.54, 1.807) is 34.2 Å². The highest BCUT2D eigenvalue weighted by Crippen LogP contribution is 2.25. The minimum Gasteiger partial charge on any atom is -0.286 e. The minimum absolute atomic E-state index is 1.09. The fourth-order valence-corrected chi connectivity index (χ4v) is 1.58. The topological polar surface area (TPSA) is 41.0 Å². The summed E-state index contributed by atoms with van der Waals surface area (Å²) in [6.45, 7) is 0. The van der Waals surface area contributed by atoms with Gasteiger partial charge in [-0.2, -0.15) is 5.10 Å². The predicted molar refractivity (Wildman–Crippen MR) is 47.1 cm³/mol. The summed E-state index contributed by atoms with van der Waals surface area (Å²) in [7, 11) is 3.33. The lowest BCUT2D eigenvalue weighted by Crippen LogP contribution is -1.61. The van der Waals surface area contributed by atoms with Crippen LogP contribution >= 0.6 is 21.8 Å². The average Bonchev–Trinajstić information content (AvgIpc) is 2.67. The number of aromatic nitrogens is 2. The van der Waals surface area contributed by atoms with Gasteiger partial charge >= 0.3 is 0 Å². The lowest BCUT2D eigenvalue weighted by molar-refractivity contribution is 1.09. The Bertz CT molecular complexity index is 150. The molecular formula is C5H7N3S2. The van der Waals surface area contributed by atoms with Gasteiger partial charge in [0.05, 0.1) is 0 Å². The third-order valence-corrected chi connectivity index (χ3v) is 2.33. The van der Waals surface area contributed by atoms with Crippen molar-refractivity contribution in [1.29, 1.82) is 0 Å². The lowest BCUT2D eigenvalue weighted by atomic mass is 10.8. The Morgan fingerprint density at radius 1 is 1.50 bits per heavy atom. The molecule has 3 nitrogen and oxygen atoms in total. The normalized spacial score (nSPS) is 14.4. The van der Waals surface area contributed by atoms with E-state index in [4.69, 9.17) is 0 Å². The monoisotopic (exact) mass is 173 g/mol. The maximum absolute atomic E-state index is 3.84. The molecule has 0 amide bonds. The molecule has 0 bridgehead atoms. The molecule has 0 unspecified atom stereocenters. The Hall–Kier alpha value is -0.420. The van der Waals surface area contributed by atoms with Crippen LogP contribution in [0.15, 0.2) is 22.9 Å². The molecule has 2 heterocycles. The second-order valence-corrected chi connectivity index (χ2v) is 3.50. The van der Waals surface area contributed by atoms with E-state index in [1.165, 1.54) is 0 Å². The summed E-state index contributed by atoms with van der Waals surface area (Å²) in [6.07, 6.45) is 5.37. The summed E-state index contributed by atoms with van der Waals surface area (Å²) in [5.41, 5.74) is 0. The number of hydrogen-bond acceptors (Lipinski definition) is 4. The van der Waals surface area contributed by atoms with Crippen LogP contribution in [0, 0.1) is 0 Å². The van der Waals surface area contributed by atoms with Gasteiger partial charge in [-0.3, -0.25) is 5.10 Å². The van der Waals surface area contributed by atoms with Crippen molar-refractivity contribution in [2.75, 3.05) is 5.75 Å². The van der Waals surface area contributed by atoms with Crippen LogP contribution < -0.4 is 0 Å². The second kappa shape index (κ2) is 5.37. The Morgan fingerprint density at radius 2 is 2.50 bits per heavy atom. The molecule has 0 fully saturated rings. The number of nitrogens with one attached hydrogen (secondary N) is 1. The summed E-state index contributed by atoms with van der Waals surface area (Å²) in [5, 5.41) is 6.21. The molecule has 0 saturated carbocycles. The summed E-state index contributed by atoms with van der Waals surface area (Å²) >= 11 is 0. The largest absolute Gasteiger partial charge is 0.286 e. The molecule has 1 aromatic rings. The molecule has 1 aromatic heterocycles. The minimum atomic E-state index is 1.09. The molecule has 1 N–H and O–H groups in total. The number of nitrogens with zero attached hydrogens (tertiary/aromatic N) is 2. The van der Waals surface area contributed by atoms with E-state index in [0.29, 0.717) is 0 Å². The third kappa shape index (κ3) is 3.58. The van der Waals surface area contributed by atoms with Gasteiger partial charge < -0.3 is 0 Å². The van der Waals surface area contributed by atoms with Crippen LogP contribution in [0.1, 0.15) is 0 Å². The van der Waals surface area contributed by atoms with E-state index in [0.717, 1.165) is 5.75 Å². The zero-order valence-corrected chi connectivity index (χ0v) is 6.86. The van der Waals surface area contributed by atoms with Crippen LogP contribution in [0.4, 0.5) is 0 Å². The smallest absolute Gasteiger partial charge is 0.0487 e. The third-order valence-electron chi connectivity index (χ3n) is 0.719. The number of aromatic amines is 1. The Balaban J connectivity index is 0.0000001000. The van der Waals surface area contributed by atoms with Gasteiger partial charge in [0.2, 0.25) is 0 Å². The van der Waals surface area contributed by atoms with Crippen LogP contribution in [0.25, 0.3) is 0 Å². The molecular weight excluding hydrogens is 166 g/mol. The van der Waals surface area contributed by atoms with Crippen LogP contribution in [0.2, 0.25) is 0 Å². The van der Waals surface area contributed by atoms with Gasteiger partial charge in [-0.05, 0) is 6.07 Å². The van der Waals surface area contributed by atoms with Crippen molar-refractivity contribution in [2.45, 2.75) is 0 Å². The van der Waals surface area contributed by atoms with E-state index in [1.807, 2.05) is 12.3 Å². The highest BCUT2D eigenvalue weighted by molar-refractivity contribution is 8.76. The summed E-state index contributed by atoms with van der Waals surface area (Å²) in [5.74, 6) is 1.09. The molecule has 0 atom stereocenters. The first-order chi connectivity index (χ1) is 5.00. The average molecular weight is 173 g/mol. The standard InChI is InChI=1S/C3H4N2.C2H3NS2/c2*1-2-4-5-3-1/h1-3H,(H,4,5);1H,2H2. The van der Waals surface area contributed by atoms with Gasteiger partial charge in [0.1, 0.15) is 0 Å². The van der Waals surface area contributed by atoms with Crippen LogP contribution in [0.3, 0.4) is 0 Å². The van der Waals surface area contributed by atoms with Gasteiger partial charge in [0.15, 0.2) is 0 Å². The second-order valence-electron chi connectivity index (χ2n) is 1.41. The lowest BCUT2D eigenvalue weighted by Gasteiger charge is -1.66. The quantitative estimate of drug-likeness (QED) is 0.480. The SMILES string of the molecule is C1=NSSC1.c1cn[nH]c1. The van der Waals surface area contributed by atoms with Gasteiger partial charge in [0, 0.05) is 35.3 Å². The first-order valence-corrected chi connectivity index (χ1v) is 5.02. The fraction of sp³-hybridized carbons (Fsp3) is 0.200. The van der Waals surface area contributed by atoms with Crippen molar-refractivity contribution in [3.63, 3.8) is 0 Å². The maximum atomic E-state index is 3.84. The number of H-pyrrole nitrogens is 1. The van der Waals surface area contributed by atoms with E-state index in [-0.39, 0.29) is 0 Å². The molecule has 1 aliphatic rings. The van der Waals surface area contributed by atoms with Gasteiger partial charge in [-0.1, -0.05) is 10.8 Å². The van der Waals surface area contributed by atoms with Crippen molar-refractivity contribution in [2.24, 2.45) is 4.40 Å². The van der Waals surface area contributed by atoms with Gasteiger partial charge in [-0.15, -0.1) is 0 Å². The first-order valence-electron chi connectivity index (χ1n) is 2.74. The highest BCUT2D eigenvalue weighted by Gasteiger charge is 1.87. The van der Waals surface area contributed by atoms with Crippen molar-refractivity contribution >= 4 is 28.0 Å². The fourth-order valence-electron chi connectivity index (χ4n) is 0.367. The molecule has 0 radical (unpaired) electrons. The molecule has 0 aliphatic carbocycles. The van der Waals surface area contributed by atoms with E-state index in [2.05, 4.69) is 14.6 Å². The summed E-state index contributed by atoms with van der Waals surface area (Å²) < 4.78 is 3.84. The maximum Gasteiger partial charge on any atom is 0.0487 e. The molecule has 5 heteroatoms. The molecule has 10 heavy (non-hydrogen) atoms. The molecule has 0 aromatic carbocycles. The number of hydrogen-bond donors (Lipinski definition) is 1. The van der Waals surface area contributed by atoms with Crippen molar-refractivity contribution in [3.8, 4) is 0 Å². The summed E-state index contributed by atoms with van der Waals surface area (Å²) in [4.78, 5) is 0. The van der Waals surface area contributed by atoms with Crippen molar-refractivity contribution < 1.29 is 0 Å². The van der Waals surface area contributed by atoms with Crippen LogP contribution in [-0.4, -0.2) is 22.2 Å². The van der Waals surface area contributed by atoms with E-state index < -0.39 is 0 Å². The van der Waals surface area contributed by atoms with E-state index >= 15 is 0 Å². The van der Waals surface area contributed by atoms with Crippen LogP contribution in [0.5, 0.6) is 0 Å². The summed E-state index contributed by atoms with van der Waals surface area (Å²) in [6, 6.07) is 1.83. The molecule has 0 saturated heterocycles. The zero-order valence-electron chi connectivity index (χ0n) is 5.23. The molecule has 2 rings (SSSR count). The number of rotatable bonds is 0. The van der Waals surface area contributed by atoms with Crippen molar-refractivity contribution in [1.82, 2.24) is 10.2 Å². The highest BCUT2D eigenvalue weighted by atomic mass is 33.1. The van der Waals surface area contributed by atoms with Gasteiger partial charge in [0.25, 0.3) is 0 Å². The first kappa shape index (κ1) is 7.68. The zero-order chi connectivity index (χ0) is 7.07.